The molecule has 0 aromatic carbocycles. The number of rotatable bonds is 6. The minimum Gasteiger partial charge on any atom is -0.297 e. The first-order chi connectivity index (χ1) is 15.0. The van der Waals surface area contributed by atoms with Crippen molar-refractivity contribution in [3.8, 4) is 0 Å². The van der Waals surface area contributed by atoms with E-state index < -0.39 is 0 Å². The van der Waals surface area contributed by atoms with E-state index in [0.717, 1.165) is 47.0 Å². The van der Waals surface area contributed by atoms with E-state index in [0.29, 0.717) is 12.3 Å². The molecule has 3 saturated carbocycles. The summed E-state index contributed by atoms with van der Waals surface area (Å²) in [6.07, 6.45) is 15.5. The molecule has 7 atom stereocenters. The Balaban J connectivity index is 1.33. The molecular weight excluding hydrogens is 382 g/mol. The molecule has 5 rings (SSSR count). The Morgan fingerprint density at radius 3 is 2.77 bits per heavy atom. The first-order valence-corrected chi connectivity index (χ1v) is 12.9. The van der Waals surface area contributed by atoms with Gasteiger partial charge in [-0.2, -0.15) is 5.10 Å². The summed E-state index contributed by atoms with van der Waals surface area (Å²) in [5.41, 5.74) is 1.95. The van der Waals surface area contributed by atoms with Crippen LogP contribution < -0.4 is 0 Å². The van der Waals surface area contributed by atoms with Crippen molar-refractivity contribution in [2.45, 2.75) is 85.1 Å². The fraction of sp³-hybridized carbons (Fsp3) is 0.741. The van der Waals surface area contributed by atoms with Crippen LogP contribution >= 0.6 is 0 Å². The summed E-state index contributed by atoms with van der Waals surface area (Å²) in [5.74, 6) is 4.97. The summed E-state index contributed by atoms with van der Waals surface area (Å²) in [6.45, 7) is 7.63. The number of carbonyl (C=O) groups is 1. The number of fused-ring (bicyclic) bond motifs is 4. The Kier molecular flexibility index (Phi) is 5.68. The van der Waals surface area contributed by atoms with Crippen LogP contribution in [0.2, 0.25) is 0 Å². The average molecular weight is 422 g/mol. The Hall–Kier alpha value is -1.71. The van der Waals surface area contributed by atoms with Gasteiger partial charge in [0.1, 0.15) is 11.0 Å². The number of pyridine rings is 1. The van der Waals surface area contributed by atoms with Crippen LogP contribution in [0.5, 0.6) is 0 Å². The maximum atomic E-state index is 13.5. The van der Waals surface area contributed by atoms with Gasteiger partial charge >= 0.3 is 0 Å². The van der Waals surface area contributed by atoms with Gasteiger partial charge < -0.3 is 0 Å². The molecule has 31 heavy (non-hydrogen) atoms. The Morgan fingerprint density at radius 1 is 1.13 bits per heavy atom. The topological polar surface area (TPSA) is 47.8 Å². The summed E-state index contributed by atoms with van der Waals surface area (Å²) in [5, 5.41) is 4.60. The van der Waals surface area contributed by atoms with Crippen LogP contribution in [0.1, 0.15) is 78.6 Å². The molecule has 2 heterocycles. The van der Waals surface area contributed by atoms with Crippen molar-refractivity contribution in [1.82, 2.24) is 14.8 Å². The lowest BCUT2D eigenvalue weighted by atomic mass is 9.50. The third-order valence-corrected chi connectivity index (χ3v) is 9.70. The van der Waals surface area contributed by atoms with E-state index in [2.05, 4.69) is 30.9 Å². The number of carbonyl (C=O) groups excluding carboxylic acids is 1. The second-order valence-electron chi connectivity index (χ2n) is 11.0. The molecule has 2 aromatic heterocycles. The summed E-state index contributed by atoms with van der Waals surface area (Å²) < 4.78 is 1.83. The zero-order chi connectivity index (χ0) is 21.6. The maximum Gasteiger partial charge on any atom is 0.157 e. The van der Waals surface area contributed by atoms with Gasteiger partial charge in [-0.15, -0.1) is 0 Å². The Bertz CT molecular complexity index is 902. The van der Waals surface area contributed by atoms with Gasteiger partial charge in [0.15, 0.2) is 5.78 Å². The molecule has 4 nitrogen and oxygen atoms in total. The van der Waals surface area contributed by atoms with Gasteiger partial charge in [-0.3, -0.25) is 14.5 Å². The molecule has 0 spiro atoms. The molecular formula is C27H39N3O. The molecule has 0 amide bonds. The average Bonchev–Trinajstić information content (AvgIpc) is 3.34. The van der Waals surface area contributed by atoms with E-state index >= 15 is 0 Å². The van der Waals surface area contributed by atoms with Crippen LogP contribution in [0.3, 0.4) is 0 Å². The molecule has 3 fully saturated rings. The van der Waals surface area contributed by atoms with E-state index in [-0.39, 0.29) is 11.3 Å². The van der Waals surface area contributed by atoms with Crippen LogP contribution in [0.4, 0.5) is 0 Å². The molecule has 0 radical (unpaired) electrons. The van der Waals surface area contributed by atoms with Crippen LogP contribution in [0, 0.1) is 40.9 Å². The highest BCUT2D eigenvalue weighted by atomic mass is 16.1. The van der Waals surface area contributed by atoms with E-state index in [1.807, 2.05) is 23.0 Å². The number of nitrogens with zero attached hydrogens (tertiary/aromatic N) is 3. The van der Waals surface area contributed by atoms with Crippen LogP contribution in [0.25, 0.3) is 11.0 Å². The SMILES string of the molecule is CCCC1C(CC)CCC2C1CCC1(C)C(C(=O)Cn3cc4ncccc4n3)CCC21. The lowest BCUT2D eigenvalue weighted by Crippen LogP contribution is -2.48. The minimum absolute atomic E-state index is 0.193. The Labute approximate surface area is 187 Å². The molecule has 2 aromatic rings. The minimum atomic E-state index is 0.193. The van der Waals surface area contributed by atoms with Crippen molar-refractivity contribution in [1.29, 1.82) is 0 Å². The van der Waals surface area contributed by atoms with Gasteiger partial charge in [-0.25, -0.2) is 0 Å². The highest BCUT2D eigenvalue weighted by Gasteiger charge is 2.57. The first kappa shape index (κ1) is 21.2. The van der Waals surface area contributed by atoms with Crippen molar-refractivity contribution < 1.29 is 4.79 Å². The number of hydrogen-bond donors (Lipinski definition) is 0. The zero-order valence-electron chi connectivity index (χ0n) is 19.6. The maximum absolute atomic E-state index is 13.5. The third-order valence-electron chi connectivity index (χ3n) is 9.70. The van der Waals surface area contributed by atoms with E-state index in [4.69, 9.17) is 0 Å². The third kappa shape index (κ3) is 3.54. The Morgan fingerprint density at radius 2 is 2.00 bits per heavy atom. The fourth-order valence-electron chi connectivity index (χ4n) is 8.31. The fourth-order valence-corrected chi connectivity index (χ4v) is 8.31. The van der Waals surface area contributed by atoms with Crippen molar-refractivity contribution in [2.24, 2.45) is 40.9 Å². The molecule has 0 saturated heterocycles. The summed E-state index contributed by atoms with van der Waals surface area (Å²) >= 11 is 0. The van der Waals surface area contributed by atoms with Crippen molar-refractivity contribution in [3.05, 3.63) is 24.5 Å². The highest BCUT2D eigenvalue weighted by molar-refractivity contribution is 5.82. The number of aromatic nitrogens is 3. The van der Waals surface area contributed by atoms with Gasteiger partial charge in [0.25, 0.3) is 0 Å². The second kappa shape index (κ2) is 8.33. The van der Waals surface area contributed by atoms with Crippen LogP contribution in [-0.2, 0) is 11.3 Å². The summed E-state index contributed by atoms with van der Waals surface area (Å²) in [4.78, 5) is 17.9. The van der Waals surface area contributed by atoms with E-state index in [1.165, 1.54) is 51.4 Å². The summed E-state index contributed by atoms with van der Waals surface area (Å²) in [6, 6.07) is 3.87. The van der Waals surface area contributed by atoms with Crippen molar-refractivity contribution >= 4 is 16.8 Å². The van der Waals surface area contributed by atoms with Gasteiger partial charge in [-0.1, -0.05) is 40.0 Å². The van der Waals surface area contributed by atoms with Gasteiger partial charge in [0.05, 0.1) is 12.7 Å². The number of ketones is 1. The predicted molar refractivity (Wildman–Crippen MR) is 124 cm³/mol. The zero-order valence-corrected chi connectivity index (χ0v) is 19.6. The molecule has 3 aliphatic rings. The van der Waals surface area contributed by atoms with Crippen molar-refractivity contribution in [2.75, 3.05) is 0 Å². The first-order valence-electron chi connectivity index (χ1n) is 12.9. The summed E-state index contributed by atoms with van der Waals surface area (Å²) in [7, 11) is 0. The van der Waals surface area contributed by atoms with Gasteiger partial charge in [0, 0.05) is 12.1 Å². The molecule has 0 bridgehead atoms. The number of hydrogen-bond acceptors (Lipinski definition) is 3. The molecule has 0 aliphatic heterocycles. The molecule has 7 unspecified atom stereocenters. The smallest absolute Gasteiger partial charge is 0.157 e. The quantitative estimate of drug-likeness (QED) is 0.550. The lowest BCUT2D eigenvalue weighted by molar-refractivity contribution is -0.130. The van der Waals surface area contributed by atoms with Crippen LogP contribution in [0.15, 0.2) is 24.5 Å². The molecule has 0 N–H and O–H groups in total. The van der Waals surface area contributed by atoms with Crippen molar-refractivity contribution in [3.63, 3.8) is 0 Å². The molecule has 168 valence electrons. The van der Waals surface area contributed by atoms with E-state index in [1.54, 1.807) is 6.20 Å². The van der Waals surface area contributed by atoms with Gasteiger partial charge in [-0.05, 0) is 85.7 Å². The van der Waals surface area contributed by atoms with E-state index in [9.17, 15) is 4.79 Å². The monoisotopic (exact) mass is 421 g/mol. The number of Topliss-reactive ketones (excluding diaryl/α,β-unsaturated/α-hetero) is 1. The highest BCUT2D eigenvalue weighted by Crippen LogP contribution is 2.63. The molecule has 3 aliphatic carbocycles. The predicted octanol–water partition coefficient (Wildman–Crippen LogP) is 6.30. The normalized spacial score (nSPS) is 37.5. The lowest BCUT2D eigenvalue weighted by Gasteiger charge is -2.54. The van der Waals surface area contributed by atoms with Crippen LogP contribution in [-0.4, -0.2) is 20.5 Å². The molecule has 4 heteroatoms. The second-order valence-corrected chi connectivity index (χ2v) is 11.0. The van der Waals surface area contributed by atoms with Gasteiger partial charge in [0.2, 0.25) is 0 Å². The largest absolute Gasteiger partial charge is 0.297 e. The standard InChI is InChI=1S/C27H39N3O/c1-4-7-19-18(5-2)9-10-21-20(19)13-14-27(3)22(21)11-12-23(27)26(31)17-30-16-25-24(29-30)8-6-15-28-25/h6,8,15-16,18-23H,4-5,7,9-14,17H2,1-3H3.